The molecule has 1 heterocycles. The Bertz CT molecular complexity index is 928. The molecule has 32 heavy (non-hydrogen) atoms. The molecular formula is C23H31N5O4. The van der Waals surface area contributed by atoms with Gasteiger partial charge in [0.1, 0.15) is 0 Å². The summed E-state index contributed by atoms with van der Waals surface area (Å²) in [6.45, 7) is 1.87. The minimum atomic E-state index is -0.391. The summed E-state index contributed by atoms with van der Waals surface area (Å²) in [5.74, 6) is -0.494. The van der Waals surface area contributed by atoms with Crippen molar-refractivity contribution in [1.82, 2.24) is 4.98 Å². The normalized spacial score (nSPS) is 13.6. The van der Waals surface area contributed by atoms with Crippen molar-refractivity contribution in [1.29, 1.82) is 0 Å². The number of hydroxylamine groups is 6. The average Bonchev–Trinajstić information content (AvgIpc) is 2.71. The molecule has 3 rings (SSSR count). The van der Waals surface area contributed by atoms with E-state index in [1.54, 1.807) is 46.4 Å². The Balaban J connectivity index is 1.89. The van der Waals surface area contributed by atoms with E-state index in [2.05, 4.69) is 15.6 Å². The maximum absolute atomic E-state index is 13.3. The number of ketones is 2. The molecule has 0 radical (unpaired) electrons. The molecule has 0 fully saturated rings. The van der Waals surface area contributed by atoms with Crippen LogP contribution >= 0.6 is 0 Å². The number of anilines is 2. The second-order valence-electron chi connectivity index (χ2n) is 9.15. The van der Waals surface area contributed by atoms with Crippen LogP contribution in [0.25, 0.3) is 0 Å². The van der Waals surface area contributed by atoms with Crippen molar-refractivity contribution >= 4 is 22.9 Å². The lowest BCUT2D eigenvalue weighted by molar-refractivity contribution is -0.839. The van der Waals surface area contributed by atoms with E-state index < -0.39 is 4.65 Å². The summed E-state index contributed by atoms with van der Waals surface area (Å²) in [5, 5.41) is 30.0. The number of hydrogen-bond acceptors (Lipinski definition) is 7. The van der Waals surface area contributed by atoms with Crippen LogP contribution in [0.15, 0.2) is 30.6 Å². The van der Waals surface area contributed by atoms with Crippen LogP contribution in [0.1, 0.15) is 44.7 Å². The van der Waals surface area contributed by atoms with Crippen molar-refractivity contribution in [2.45, 2.75) is 12.8 Å². The molecule has 9 nitrogen and oxygen atoms in total. The van der Waals surface area contributed by atoms with Crippen LogP contribution < -0.4 is 10.6 Å². The minimum Gasteiger partial charge on any atom is -0.633 e. The van der Waals surface area contributed by atoms with Crippen LogP contribution in [-0.2, 0) is 0 Å². The zero-order valence-corrected chi connectivity index (χ0v) is 19.1. The first kappa shape index (κ1) is 23.8. The van der Waals surface area contributed by atoms with Crippen LogP contribution in [0.2, 0.25) is 0 Å². The highest BCUT2D eigenvalue weighted by Gasteiger charge is 2.34. The van der Waals surface area contributed by atoms with Gasteiger partial charge >= 0.3 is 0 Å². The van der Waals surface area contributed by atoms with Gasteiger partial charge in [-0.3, -0.25) is 14.6 Å². The van der Waals surface area contributed by atoms with Gasteiger partial charge in [0.15, 0.2) is 11.6 Å². The number of fused-ring (bicyclic) bond motifs is 2. The van der Waals surface area contributed by atoms with E-state index in [9.17, 15) is 20.0 Å². The molecule has 172 valence electrons. The molecule has 0 spiro atoms. The standard InChI is InChI=1S/C23H31N5O4/c1-27(2,31)13-5-10-25-18-7-8-19(26-11-6-14-28(3,4)32)21-20(18)22(29)16-9-12-24-15-17(16)23(21)30/h7-9,12,15,25-26H,5-6,10-11,13-14H2,1-4H3. The van der Waals surface area contributed by atoms with Gasteiger partial charge in [0.05, 0.1) is 58.0 Å². The molecule has 1 aliphatic rings. The zero-order valence-electron chi connectivity index (χ0n) is 19.1. The number of nitrogens with zero attached hydrogens (tertiary/aromatic N) is 3. The highest BCUT2D eigenvalue weighted by molar-refractivity contribution is 6.31. The maximum Gasteiger partial charge on any atom is 0.198 e. The summed E-state index contributed by atoms with van der Waals surface area (Å²) >= 11 is 0. The molecule has 0 bridgehead atoms. The van der Waals surface area contributed by atoms with Crippen molar-refractivity contribution < 1.29 is 18.9 Å². The van der Waals surface area contributed by atoms with Crippen molar-refractivity contribution in [3.63, 3.8) is 0 Å². The van der Waals surface area contributed by atoms with Crippen LogP contribution in [0, 0.1) is 10.4 Å². The number of hydrogen-bond donors (Lipinski definition) is 2. The fraction of sp³-hybridized carbons (Fsp3) is 0.435. The topological polar surface area (TPSA) is 117 Å². The number of rotatable bonds is 10. The molecule has 9 heteroatoms. The Morgan fingerprint density at radius 2 is 1.25 bits per heavy atom. The lowest BCUT2D eigenvalue weighted by Gasteiger charge is -2.34. The van der Waals surface area contributed by atoms with Crippen LogP contribution in [0.3, 0.4) is 0 Å². The van der Waals surface area contributed by atoms with Crippen molar-refractivity contribution in [2.75, 3.05) is 65.0 Å². The summed E-state index contributed by atoms with van der Waals surface area (Å²) in [4.78, 5) is 30.7. The van der Waals surface area contributed by atoms with Gasteiger partial charge in [0, 0.05) is 55.3 Å². The molecule has 1 aromatic heterocycles. The number of nitrogens with one attached hydrogen (secondary N) is 2. The maximum atomic E-state index is 13.3. The van der Waals surface area contributed by atoms with Crippen LogP contribution in [0.4, 0.5) is 11.4 Å². The third-order valence-corrected chi connectivity index (χ3v) is 5.35. The number of benzene rings is 1. The molecular weight excluding hydrogens is 410 g/mol. The summed E-state index contributed by atoms with van der Waals surface area (Å²) < 4.78 is -0.780. The van der Waals surface area contributed by atoms with Gasteiger partial charge in [-0.1, -0.05) is 0 Å². The third-order valence-electron chi connectivity index (χ3n) is 5.35. The van der Waals surface area contributed by atoms with Gasteiger partial charge in [0.2, 0.25) is 0 Å². The van der Waals surface area contributed by atoms with Crippen LogP contribution in [-0.4, -0.2) is 80.2 Å². The van der Waals surface area contributed by atoms with Gasteiger partial charge in [-0.05, 0) is 18.2 Å². The summed E-state index contributed by atoms with van der Waals surface area (Å²) in [6, 6.07) is 5.12. The van der Waals surface area contributed by atoms with Crippen molar-refractivity contribution in [3.8, 4) is 0 Å². The first-order valence-electron chi connectivity index (χ1n) is 10.7. The van der Waals surface area contributed by atoms with Gasteiger partial charge in [-0.15, -0.1) is 0 Å². The molecule has 0 saturated heterocycles. The first-order valence-corrected chi connectivity index (χ1v) is 10.7. The predicted octanol–water partition coefficient (Wildman–Crippen LogP) is 2.61. The molecule has 1 aliphatic carbocycles. The van der Waals surface area contributed by atoms with E-state index >= 15 is 0 Å². The molecule has 0 saturated carbocycles. The van der Waals surface area contributed by atoms with E-state index in [4.69, 9.17) is 0 Å². The smallest absolute Gasteiger partial charge is 0.198 e. The second-order valence-corrected chi connectivity index (χ2v) is 9.15. The van der Waals surface area contributed by atoms with Gasteiger partial charge < -0.3 is 30.3 Å². The number of carbonyl (C=O) groups is 2. The molecule has 2 aromatic rings. The quantitative estimate of drug-likeness (QED) is 0.282. The molecule has 0 aliphatic heterocycles. The lowest BCUT2D eigenvalue weighted by Crippen LogP contribution is -2.34. The summed E-state index contributed by atoms with van der Waals surface area (Å²) in [6.07, 6.45) is 4.17. The van der Waals surface area contributed by atoms with E-state index in [1.807, 2.05) is 0 Å². The Labute approximate surface area is 188 Å². The van der Waals surface area contributed by atoms with Gasteiger partial charge in [0.25, 0.3) is 0 Å². The predicted molar refractivity (Wildman–Crippen MR) is 124 cm³/mol. The minimum absolute atomic E-state index is 0.236. The highest BCUT2D eigenvalue weighted by Crippen LogP contribution is 2.36. The molecule has 0 amide bonds. The molecule has 1 aromatic carbocycles. The highest BCUT2D eigenvalue weighted by atomic mass is 16.5. The van der Waals surface area contributed by atoms with E-state index in [1.165, 1.54) is 12.4 Å². The molecule has 0 unspecified atom stereocenters. The zero-order chi connectivity index (χ0) is 23.5. The Kier molecular flexibility index (Phi) is 6.94. The SMILES string of the molecule is C[N+](C)([O-])CCCNc1ccc(NCCC[N+](C)(C)[O-])c2c1C(=O)c1ccncc1C2=O. The fourth-order valence-corrected chi connectivity index (χ4v) is 3.78. The van der Waals surface area contributed by atoms with Gasteiger partial charge in [-0.25, -0.2) is 0 Å². The van der Waals surface area contributed by atoms with E-state index in [0.29, 0.717) is 67.1 Å². The van der Waals surface area contributed by atoms with Crippen LogP contribution in [0.5, 0.6) is 0 Å². The first-order chi connectivity index (χ1) is 15.0. The molecule has 0 atom stereocenters. The van der Waals surface area contributed by atoms with E-state index in [0.717, 1.165) is 0 Å². The Morgan fingerprint density at radius 3 is 1.72 bits per heavy atom. The summed E-state index contributed by atoms with van der Waals surface area (Å²) in [7, 11) is 6.34. The number of aromatic nitrogens is 1. The monoisotopic (exact) mass is 441 g/mol. The molecule has 2 N–H and O–H groups in total. The van der Waals surface area contributed by atoms with Crippen molar-refractivity contribution in [2.24, 2.45) is 0 Å². The van der Waals surface area contributed by atoms with E-state index in [-0.39, 0.29) is 21.8 Å². The largest absolute Gasteiger partial charge is 0.633 e. The number of pyridine rings is 1. The third kappa shape index (κ3) is 5.68. The Morgan fingerprint density at radius 1 is 0.781 bits per heavy atom. The number of carbonyl (C=O) groups excluding carboxylic acids is 2. The van der Waals surface area contributed by atoms with Crippen molar-refractivity contribution in [3.05, 3.63) is 63.3 Å². The average molecular weight is 442 g/mol. The lowest BCUT2D eigenvalue weighted by atomic mass is 9.83. The number of quaternary nitrogens is 2. The Hall–Kier alpha value is -2.85. The van der Waals surface area contributed by atoms with Gasteiger partial charge in [-0.2, -0.15) is 0 Å². The second kappa shape index (κ2) is 9.33. The fourth-order valence-electron chi connectivity index (χ4n) is 3.78. The summed E-state index contributed by atoms with van der Waals surface area (Å²) in [5.41, 5.74) is 2.39.